The Kier molecular flexibility index (Phi) is 3.61. The van der Waals surface area contributed by atoms with E-state index >= 15 is 0 Å². The van der Waals surface area contributed by atoms with E-state index < -0.39 is 17.3 Å². The molecule has 0 bridgehead atoms. The van der Waals surface area contributed by atoms with Gasteiger partial charge in [-0.2, -0.15) is 18.4 Å². The summed E-state index contributed by atoms with van der Waals surface area (Å²) in [6.07, 6.45) is -1.41. The van der Waals surface area contributed by atoms with Gasteiger partial charge in [0.2, 0.25) is 0 Å². The topological polar surface area (TPSA) is 48.7 Å². The predicted molar refractivity (Wildman–Crippen MR) is 68.4 cm³/mol. The molecular formula is C14H10F3N3. The molecule has 1 aromatic carbocycles. The third-order valence-electron chi connectivity index (χ3n) is 2.61. The zero-order valence-corrected chi connectivity index (χ0v) is 10.5. The highest BCUT2D eigenvalue weighted by Gasteiger charge is 2.33. The monoisotopic (exact) mass is 277 g/mol. The minimum absolute atomic E-state index is 0.253. The van der Waals surface area contributed by atoms with Gasteiger partial charge in [0.05, 0.1) is 29.1 Å². The van der Waals surface area contributed by atoms with Crippen molar-refractivity contribution in [3.63, 3.8) is 0 Å². The summed E-state index contributed by atoms with van der Waals surface area (Å²) in [7, 11) is 0. The molecule has 1 N–H and O–H groups in total. The molecule has 0 aliphatic rings. The lowest BCUT2D eigenvalue weighted by molar-refractivity contribution is -0.137. The summed E-state index contributed by atoms with van der Waals surface area (Å²) in [6, 6.07) is 6.80. The molecule has 0 saturated carbocycles. The molecule has 1 aromatic heterocycles. The molecular weight excluding hydrogens is 267 g/mol. The lowest BCUT2D eigenvalue weighted by Gasteiger charge is -2.12. The van der Waals surface area contributed by atoms with Crippen molar-refractivity contribution in [3.8, 4) is 6.07 Å². The molecule has 0 spiro atoms. The minimum Gasteiger partial charge on any atom is -0.354 e. The molecule has 0 aliphatic heterocycles. The summed E-state index contributed by atoms with van der Waals surface area (Å²) in [4.78, 5) is 3.95. The Hall–Kier alpha value is -2.55. The summed E-state index contributed by atoms with van der Waals surface area (Å²) in [5.41, 5.74) is 0.377. The van der Waals surface area contributed by atoms with Gasteiger partial charge < -0.3 is 5.32 Å². The largest absolute Gasteiger partial charge is 0.417 e. The normalized spacial score (nSPS) is 10.9. The van der Waals surface area contributed by atoms with E-state index in [1.54, 1.807) is 18.3 Å². The van der Waals surface area contributed by atoms with Gasteiger partial charge in [0.15, 0.2) is 0 Å². The summed E-state index contributed by atoms with van der Waals surface area (Å²) in [5.74, 6) is 0. The fourth-order valence-electron chi connectivity index (χ4n) is 1.74. The van der Waals surface area contributed by atoms with E-state index in [4.69, 9.17) is 5.26 Å². The van der Waals surface area contributed by atoms with Crippen LogP contribution in [0.1, 0.15) is 16.7 Å². The number of benzene rings is 1. The number of aryl methyl sites for hydroxylation is 1. The lowest BCUT2D eigenvalue weighted by Crippen LogP contribution is -2.08. The van der Waals surface area contributed by atoms with E-state index in [1.807, 2.05) is 6.92 Å². The maximum Gasteiger partial charge on any atom is 0.417 e. The van der Waals surface area contributed by atoms with Gasteiger partial charge >= 0.3 is 6.18 Å². The van der Waals surface area contributed by atoms with Crippen LogP contribution in [0.5, 0.6) is 0 Å². The van der Waals surface area contributed by atoms with Crippen LogP contribution in [0.2, 0.25) is 0 Å². The molecule has 2 aromatic rings. The number of aromatic nitrogens is 1. The number of hydrogen-bond acceptors (Lipinski definition) is 3. The van der Waals surface area contributed by atoms with Crippen LogP contribution >= 0.6 is 0 Å². The Labute approximate surface area is 113 Å². The van der Waals surface area contributed by atoms with Crippen molar-refractivity contribution >= 4 is 11.4 Å². The Bertz CT molecular complexity index is 672. The first-order valence-electron chi connectivity index (χ1n) is 5.70. The highest BCUT2D eigenvalue weighted by Crippen LogP contribution is 2.34. The van der Waals surface area contributed by atoms with Crippen molar-refractivity contribution in [1.29, 1.82) is 5.26 Å². The lowest BCUT2D eigenvalue weighted by atomic mass is 10.1. The summed E-state index contributed by atoms with van der Waals surface area (Å²) in [6.45, 7) is 1.83. The van der Waals surface area contributed by atoms with Crippen molar-refractivity contribution in [2.24, 2.45) is 0 Å². The highest BCUT2D eigenvalue weighted by atomic mass is 19.4. The van der Waals surface area contributed by atoms with Crippen LogP contribution in [0.4, 0.5) is 24.5 Å². The molecule has 6 heteroatoms. The van der Waals surface area contributed by atoms with Gasteiger partial charge in [-0.05, 0) is 36.8 Å². The molecule has 0 aliphatic carbocycles. The number of halogens is 3. The maximum atomic E-state index is 12.8. The fraction of sp³-hybridized carbons (Fsp3) is 0.143. The molecule has 0 radical (unpaired) electrons. The van der Waals surface area contributed by atoms with Gasteiger partial charge in [0, 0.05) is 11.9 Å². The van der Waals surface area contributed by atoms with Gasteiger partial charge in [0.25, 0.3) is 0 Å². The smallest absolute Gasteiger partial charge is 0.354 e. The molecule has 20 heavy (non-hydrogen) atoms. The zero-order chi connectivity index (χ0) is 14.8. The Balaban J connectivity index is 2.37. The number of nitrogens with zero attached hydrogens (tertiary/aromatic N) is 2. The Morgan fingerprint density at radius 3 is 2.50 bits per heavy atom. The standard InChI is InChI=1S/C14H10F3N3/c1-9-4-12(8-19-7-9)20-11-3-2-10(6-18)13(5-11)14(15,16)17/h2-5,7-8,20H,1H3. The van der Waals surface area contributed by atoms with Crippen LogP contribution in [0.25, 0.3) is 0 Å². The first kappa shape index (κ1) is 13.9. The Morgan fingerprint density at radius 1 is 1.15 bits per heavy atom. The average molecular weight is 277 g/mol. The predicted octanol–water partition coefficient (Wildman–Crippen LogP) is 4.02. The van der Waals surface area contributed by atoms with E-state index in [9.17, 15) is 13.2 Å². The molecule has 0 atom stereocenters. The van der Waals surface area contributed by atoms with Crippen LogP contribution in [0, 0.1) is 18.3 Å². The van der Waals surface area contributed by atoms with Crippen LogP contribution in [-0.2, 0) is 6.18 Å². The number of pyridine rings is 1. The number of nitrogens with one attached hydrogen (secondary N) is 1. The van der Waals surface area contributed by atoms with E-state index in [0.29, 0.717) is 5.69 Å². The first-order chi connectivity index (χ1) is 9.40. The maximum absolute atomic E-state index is 12.8. The van der Waals surface area contributed by atoms with Crippen molar-refractivity contribution in [3.05, 3.63) is 53.3 Å². The quantitative estimate of drug-likeness (QED) is 0.901. The van der Waals surface area contributed by atoms with Crippen molar-refractivity contribution in [1.82, 2.24) is 4.98 Å². The van der Waals surface area contributed by atoms with Gasteiger partial charge in [0.1, 0.15) is 0 Å². The molecule has 3 nitrogen and oxygen atoms in total. The SMILES string of the molecule is Cc1cncc(Nc2ccc(C#N)c(C(F)(F)F)c2)c1. The second kappa shape index (κ2) is 5.21. The number of rotatable bonds is 2. The number of anilines is 2. The van der Waals surface area contributed by atoms with E-state index in [0.717, 1.165) is 17.7 Å². The van der Waals surface area contributed by atoms with Crippen LogP contribution < -0.4 is 5.32 Å². The molecule has 0 fully saturated rings. The summed E-state index contributed by atoms with van der Waals surface area (Å²) in [5, 5.41) is 11.6. The summed E-state index contributed by atoms with van der Waals surface area (Å²) >= 11 is 0. The van der Waals surface area contributed by atoms with Gasteiger partial charge in [-0.15, -0.1) is 0 Å². The molecule has 0 saturated heterocycles. The van der Waals surface area contributed by atoms with E-state index in [1.165, 1.54) is 12.3 Å². The average Bonchev–Trinajstić information content (AvgIpc) is 2.37. The zero-order valence-electron chi connectivity index (χ0n) is 10.5. The van der Waals surface area contributed by atoms with Crippen molar-refractivity contribution in [2.75, 3.05) is 5.32 Å². The summed E-state index contributed by atoms with van der Waals surface area (Å²) < 4.78 is 38.5. The van der Waals surface area contributed by atoms with E-state index in [-0.39, 0.29) is 5.69 Å². The number of alkyl halides is 3. The second-order valence-corrected chi connectivity index (χ2v) is 4.25. The minimum atomic E-state index is -4.56. The second-order valence-electron chi connectivity index (χ2n) is 4.25. The first-order valence-corrected chi connectivity index (χ1v) is 5.70. The highest BCUT2D eigenvalue weighted by molar-refractivity contribution is 5.62. The number of hydrogen-bond donors (Lipinski definition) is 1. The third-order valence-corrected chi connectivity index (χ3v) is 2.61. The molecule has 0 unspecified atom stereocenters. The number of nitriles is 1. The van der Waals surface area contributed by atoms with Crippen LogP contribution in [-0.4, -0.2) is 4.98 Å². The van der Waals surface area contributed by atoms with Gasteiger partial charge in [-0.3, -0.25) is 4.98 Å². The van der Waals surface area contributed by atoms with E-state index in [2.05, 4.69) is 10.3 Å². The van der Waals surface area contributed by atoms with Crippen molar-refractivity contribution < 1.29 is 13.2 Å². The molecule has 1 heterocycles. The molecule has 0 amide bonds. The van der Waals surface area contributed by atoms with Crippen LogP contribution in [0.3, 0.4) is 0 Å². The van der Waals surface area contributed by atoms with Gasteiger partial charge in [-0.1, -0.05) is 0 Å². The van der Waals surface area contributed by atoms with Crippen LogP contribution in [0.15, 0.2) is 36.7 Å². The van der Waals surface area contributed by atoms with Crippen molar-refractivity contribution in [2.45, 2.75) is 13.1 Å². The van der Waals surface area contributed by atoms with Gasteiger partial charge in [-0.25, -0.2) is 0 Å². The molecule has 102 valence electrons. The fourth-order valence-corrected chi connectivity index (χ4v) is 1.74. The Morgan fingerprint density at radius 2 is 1.90 bits per heavy atom. The third kappa shape index (κ3) is 3.06. The molecule has 2 rings (SSSR count).